The molecule has 1 atom stereocenters. The number of fused-ring (bicyclic) bond motifs is 3. The van der Waals surface area contributed by atoms with Crippen LogP contribution in [0.15, 0.2) is 36.9 Å². The minimum atomic E-state index is -0.187. The van der Waals surface area contributed by atoms with Crippen molar-refractivity contribution in [2.24, 2.45) is 0 Å². The van der Waals surface area contributed by atoms with Crippen molar-refractivity contribution in [2.45, 2.75) is 26.3 Å². The quantitative estimate of drug-likeness (QED) is 0.766. The number of ether oxygens (including phenoxy) is 1. The van der Waals surface area contributed by atoms with E-state index in [1.54, 1.807) is 30.7 Å². The molecular weight excluding hydrogens is 318 g/mol. The second-order valence-corrected chi connectivity index (χ2v) is 6.04. The molecule has 25 heavy (non-hydrogen) atoms. The predicted molar refractivity (Wildman–Crippen MR) is 93.8 cm³/mol. The van der Waals surface area contributed by atoms with Gasteiger partial charge < -0.3 is 19.6 Å². The molecule has 2 N–H and O–H groups in total. The van der Waals surface area contributed by atoms with E-state index in [2.05, 4.69) is 31.8 Å². The van der Waals surface area contributed by atoms with Crippen LogP contribution >= 0.6 is 0 Å². The van der Waals surface area contributed by atoms with Crippen molar-refractivity contribution in [2.75, 3.05) is 11.9 Å². The van der Waals surface area contributed by atoms with Crippen LogP contribution in [0.25, 0.3) is 11.4 Å². The number of nitrogens with one attached hydrogen (secondary N) is 2. The van der Waals surface area contributed by atoms with Gasteiger partial charge in [0.05, 0.1) is 29.6 Å². The zero-order chi connectivity index (χ0) is 17.4. The molecule has 1 aliphatic heterocycles. The van der Waals surface area contributed by atoms with Gasteiger partial charge in [-0.05, 0) is 19.9 Å². The monoisotopic (exact) mass is 337 g/mol. The molecule has 7 heteroatoms. The Morgan fingerprint density at radius 3 is 3.08 bits per heavy atom. The van der Waals surface area contributed by atoms with Gasteiger partial charge in [-0.25, -0.2) is 9.97 Å². The normalized spacial score (nSPS) is 15.4. The third-order valence-corrected chi connectivity index (χ3v) is 4.36. The van der Waals surface area contributed by atoms with Crippen molar-refractivity contribution in [3.05, 3.63) is 48.2 Å². The van der Waals surface area contributed by atoms with E-state index < -0.39 is 0 Å². The topological polar surface area (TPSA) is 84.8 Å². The summed E-state index contributed by atoms with van der Waals surface area (Å²) >= 11 is 0. The summed E-state index contributed by atoms with van der Waals surface area (Å²) in [5.41, 5.74) is 3.12. The Hall–Kier alpha value is -3.09. The summed E-state index contributed by atoms with van der Waals surface area (Å²) in [6.45, 7) is 4.59. The molecule has 0 aromatic carbocycles. The van der Waals surface area contributed by atoms with Crippen LogP contribution in [0.5, 0.6) is 5.88 Å². The minimum Gasteiger partial charge on any atom is -0.478 e. The van der Waals surface area contributed by atoms with Crippen LogP contribution in [-0.4, -0.2) is 32.0 Å². The SMILES string of the molecule is CCOc1ccc(NC(=O)c2c[nH]c3c2-c2nccn2[C@@H](C)C3)cn1. The lowest BCUT2D eigenvalue weighted by atomic mass is 10.0. The van der Waals surface area contributed by atoms with Gasteiger partial charge in [0.25, 0.3) is 5.91 Å². The smallest absolute Gasteiger partial charge is 0.258 e. The maximum Gasteiger partial charge on any atom is 0.258 e. The minimum absolute atomic E-state index is 0.187. The molecule has 1 aliphatic rings. The fourth-order valence-electron chi connectivity index (χ4n) is 3.20. The second-order valence-electron chi connectivity index (χ2n) is 6.04. The lowest BCUT2D eigenvalue weighted by Gasteiger charge is -2.22. The molecule has 4 heterocycles. The molecule has 3 aromatic rings. The van der Waals surface area contributed by atoms with Crippen molar-refractivity contribution in [3.8, 4) is 17.3 Å². The molecule has 3 aromatic heterocycles. The van der Waals surface area contributed by atoms with E-state index in [-0.39, 0.29) is 5.91 Å². The first kappa shape index (κ1) is 15.4. The second kappa shape index (κ2) is 6.08. The van der Waals surface area contributed by atoms with Crippen LogP contribution in [0.4, 0.5) is 5.69 Å². The van der Waals surface area contributed by atoms with Gasteiger partial charge in [0.2, 0.25) is 5.88 Å². The number of aromatic amines is 1. The Morgan fingerprint density at radius 1 is 1.44 bits per heavy atom. The molecule has 0 fully saturated rings. The van der Waals surface area contributed by atoms with Crippen molar-refractivity contribution in [3.63, 3.8) is 0 Å². The standard InChI is InChI=1S/C18H19N5O2/c1-3-25-15-5-4-12(9-21-15)22-18(24)13-10-20-14-8-11(2)23-7-6-19-17(23)16(13)14/h4-7,9-11,20H,3,8H2,1-2H3,(H,22,24)/t11-/m0/s1. The summed E-state index contributed by atoms with van der Waals surface area (Å²) in [4.78, 5) is 24.6. The van der Waals surface area contributed by atoms with Gasteiger partial charge in [-0.2, -0.15) is 0 Å². The van der Waals surface area contributed by atoms with Gasteiger partial charge >= 0.3 is 0 Å². The van der Waals surface area contributed by atoms with E-state index in [1.165, 1.54) is 0 Å². The van der Waals surface area contributed by atoms with E-state index >= 15 is 0 Å². The summed E-state index contributed by atoms with van der Waals surface area (Å²) in [7, 11) is 0. The van der Waals surface area contributed by atoms with Gasteiger partial charge in [-0.15, -0.1) is 0 Å². The van der Waals surface area contributed by atoms with E-state index in [4.69, 9.17) is 4.74 Å². The zero-order valence-corrected chi connectivity index (χ0v) is 14.1. The highest BCUT2D eigenvalue weighted by atomic mass is 16.5. The van der Waals surface area contributed by atoms with Gasteiger partial charge in [0.15, 0.2) is 0 Å². The number of nitrogens with zero attached hydrogens (tertiary/aromatic N) is 3. The predicted octanol–water partition coefficient (Wildman–Crippen LogP) is 3.04. The first-order valence-electron chi connectivity index (χ1n) is 8.31. The summed E-state index contributed by atoms with van der Waals surface area (Å²) in [6.07, 6.45) is 7.90. The summed E-state index contributed by atoms with van der Waals surface area (Å²) in [5, 5.41) is 2.88. The van der Waals surface area contributed by atoms with Crippen molar-refractivity contribution >= 4 is 11.6 Å². The van der Waals surface area contributed by atoms with Crippen molar-refractivity contribution < 1.29 is 9.53 Å². The number of anilines is 1. The Balaban J connectivity index is 1.61. The maximum absolute atomic E-state index is 12.7. The lowest BCUT2D eigenvalue weighted by Crippen LogP contribution is -2.18. The first-order valence-corrected chi connectivity index (χ1v) is 8.31. The van der Waals surface area contributed by atoms with E-state index in [0.717, 1.165) is 23.5 Å². The number of carbonyl (C=O) groups excluding carboxylic acids is 1. The van der Waals surface area contributed by atoms with Gasteiger partial charge in [0.1, 0.15) is 5.82 Å². The fraction of sp³-hybridized carbons (Fsp3) is 0.278. The molecule has 0 saturated carbocycles. The Labute approximate surface area is 145 Å². The average Bonchev–Trinajstić information content (AvgIpc) is 3.23. The number of H-pyrrole nitrogens is 1. The molecule has 0 radical (unpaired) electrons. The third-order valence-electron chi connectivity index (χ3n) is 4.36. The molecule has 0 bridgehead atoms. The fourth-order valence-corrected chi connectivity index (χ4v) is 3.20. The molecule has 0 saturated heterocycles. The average molecular weight is 337 g/mol. The van der Waals surface area contributed by atoms with Crippen LogP contribution in [0.3, 0.4) is 0 Å². The largest absolute Gasteiger partial charge is 0.478 e. The molecule has 0 unspecified atom stereocenters. The lowest BCUT2D eigenvalue weighted by molar-refractivity contribution is 0.102. The van der Waals surface area contributed by atoms with Crippen molar-refractivity contribution in [1.29, 1.82) is 0 Å². The molecular formula is C18H19N5O2. The Kier molecular flexibility index (Phi) is 3.76. The zero-order valence-electron chi connectivity index (χ0n) is 14.1. The summed E-state index contributed by atoms with van der Waals surface area (Å²) in [6, 6.07) is 3.83. The molecule has 128 valence electrons. The van der Waals surface area contributed by atoms with Crippen LogP contribution < -0.4 is 10.1 Å². The highest BCUT2D eigenvalue weighted by Gasteiger charge is 2.28. The van der Waals surface area contributed by atoms with Gasteiger partial charge in [-0.3, -0.25) is 4.79 Å². The molecule has 0 aliphatic carbocycles. The maximum atomic E-state index is 12.7. The number of aromatic nitrogens is 4. The van der Waals surface area contributed by atoms with Crippen LogP contribution in [0.2, 0.25) is 0 Å². The van der Waals surface area contributed by atoms with Crippen molar-refractivity contribution in [1.82, 2.24) is 19.5 Å². The highest BCUT2D eigenvalue weighted by molar-refractivity contribution is 6.08. The summed E-state index contributed by atoms with van der Waals surface area (Å²) in [5.74, 6) is 1.17. The summed E-state index contributed by atoms with van der Waals surface area (Å²) < 4.78 is 7.42. The van der Waals surface area contributed by atoms with Gasteiger partial charge in [0, 0.05) is 42.8 Å². The Morgan fingerprint density at radius 2 is 2.32 bits per heavy atom. The van der Waals surface area contributed by atoms with E-state index in [9.17, 15) is 4.79 Å². The van der Waals surface area contributed by atoms with E-state index in [0.29, 0.717) is 29.8 Å². The molecule has 7 nitrogen and oxygen atoms in total. The van der Waals surface area contributed by atoms with Crippen LogP contribution in [0, 0.1) is 0 Å². The van der Waals surface area contributed by atoms with Crippen LogP contribution in [0.1, 0.15) is 35.9 Å². The number of carbonyl (C=O) groups is 1. The highest BCUT2D eigenvalue weighted by Crippen LogP contribution is 2.35. The molecule has 4 rings (SSSR count). The Bertz CT molecular complexity index is 910. The number of hydrogen-bond donors (Lipinski definition) is 2. The number of rotatable bonds is 4. The number of imidazole rings is 1. The van der Waals surface area contributed by atoms with Gasteiger partial charge in [-0.1, -0.05) is 0 Å². The first-order chi connectivity index (χ1) is 12.2. The van der Waals surface area contributed by atoms with E-state index in [1.807, 2.05) is 13.1 Å². The number of hydrogen-bond acceptors (Lipinski definition) is 4. The third kappa shape index (κ3) is 2.67. The van der Waals surface area contributed by atoms with Crippen LogP contribution in [-0.2, 0) is 6.42 Å². The molecule has 0 spiro atoms. The molecule has 1 amide bonds. The number of pyridine rings is 1. The number of amides is 1.